The molecule has 0 aliphatic heterocycles. The lowest BCUT2D eigenvalue weighted by Gasteiger charge is -2.18. The van der Waals surface area contributed by atoms with Gasteiger partial charge in [0.1, 0.15) is 5.75 Å². The van der Waals surface area contributed by atoms with Crippen molar-refractivity contribution in [3.63, 3.8) is 0 Å². The maximum Gasteiger partial charge on any atom is 0.416 e. The summed E-state index contributed by atoms with van der Waals surface area (Å²) in [7, 11) is 1.49. The molecular formula is C16H14F3NO3. The van der Waals surface area contributed by atoms with Crippen molar-refractivity contribution in [1.29, 1.82) is 0 Å². The third kappa shape index (κ3) is 4.15. The topological polar surface area (TPSA) is 58.6 Å². The van der Waals surface area contributed by atoms with Gasteiger partial charge in [0.05, 0.1) is 12.7 Å². The first-order chi connectivity index (χ1) is 10.8. The Balaban J connectivity index is 2.29. The van der Waals surface area contributed by atoms with Crippen molar-refractivity contribution >= 4 is 11.7 Å². The van der Waals surface area contributed by atoms with Crippen molar-refractivity contribution in [3.05, 3.63) is 59.7 Å². The van der Waals surface area contributed by atoms with E-state index in [0.717, 1.165) is 12.1 Å². The van der Waals surface area contributed by atoms with Gasteiger partial charge in [0, 0.05) is 5.69 Å². The largest absolute Gasteiger partial charge is 0.497 e. The summed E-state index contributed by atoms with van der Waals surface area (Å²) in [5.74, 6) is -0.693. The predicted octanol–water partition coefficient (Wildman–Crippen LogP) is 3.95. The van der Waals surface area contributed by atoms with Gasteiger partial charge in [0.2, 0.25) is 0 Å². The van der Waals surface area contributed by atoms with E-state index in [-0.39, 0.29) is 5.56 Å². The number of ether oxygens (including phenoxy) is 1. The van der Waals surface area contributed by atoms with Gasteiger partial charge in [-0.25, -0.2) is 4.79 Å². The number of rotatable bonds is 5. The van der Waals surface area contributed by atoms with Crippen LogP contribution in [-0.4, -0.2) is 18.2 Å². The molecule has 122 valence electrons. The molecule has 1 unspecified atom stereocenters. The number of anilines is 1. The molecule has 1 atom stereocenters. The Morgan fingerprint density at radius 1 is 1.17 bits per heavy atom. The van der Waals surface area contributed by atoms with Crippen LogP contribution in [0, 0.1) is 0 Å². The molecule has 0 amide bonds. The van der Waals surface area contributed by atoms with Crippen molar-refractivity contribution < 1.29 is 27.8 Å². The van der Waals surface area contributed by atoms with Crippen LogP contribution in [0.1, 0.15) is 17.2 Å². The van der Waals surface area contributed by atoms with Crippen LogP contribution in [-0.2, 0) is 11.0 Å². The second-order valence-corrected chi connectivity index (χ2v) is 4.77. The zero-order valence-corrected chi connectivity index (χ0v) is 12.1. The van der Waals surface area contributed by atoms with Crippen molar-refractivity contribution in [3.8, 4) is 5.75 Å². The first-order valence-corrected chi connectivity index (χ1v) is 6.62. The van der Waals surface area contributed by atoms with Crippen LogP contribution in [0.15, 0.2) is 48.5 Å². The highest BCUT2D eigenvalue weighted by atomic mass is 19.4. The lowest BCUT2D eigenvalue weighted by molar-refractivity contribution is -0.139. The summed E-state index contributed by atoms with van der Waals surface area (Å²) >= 11 is 0. The van der Waals surface area contributed by atoms with Crippen LogP contribution in [0.25, 0.3) is 0 Å². The van der Waals surface area contributed by atoms with E-state index in [0.29, 0.717) is 11.4 Å². The fourth-order valence-corrected chi connectivity index (χ4v) is 2.04. The minimum atomic E-state index is -4.53. The van der Waals surface area contributed by atoms with E-state index in [2.05, 4.69) is 5.32 Å². The highest BCUT2D eigenvalue weighted by molar-refractivity contribution is 5.79. The molecule has 0 spiro atoms. The van der Waals surface area contributed by atoms with Gasteiger partial charge in [-0.15, -0.1) is 0 Å². The predicted molar refractivity (Wildman–Crippen MR) is 78.4 cm³/mol. The Hall–Kier alpha value is -2.70. The number of hydrogen-bond donors (Lipinski definition) is 2. The van der Waals surface area contributed by atoms with Crippen LogP contribution in [0.3, 0.4) is 0 Å². The molecular weight excluding hydrogens is 311 g/mol. The monoisotopic (exact) mass is 325 g/mol. The molecule has 2 aromatic carbocycles. The summed E-state index contributed by atoms with van der Waals surface area (Å²) in [4.78, 5) is 11.4. The van der Waals surface area contributed by atoms with E-state index in [1.54, 1.807) is 24.3 Å². The van der Waals surface area contributed by atoms with Crippen LogP contribution in [0.4, 0.5) is 18.9 Å². The normalized spacial score (nSPS) is 12.5. The SMILES string of the molecule is COc1ccc(NC(C(=O)O)c2cccc(C(F)(F)F)c2)cc1. The lowest BCUT2D eigenvalue weighted by Crippen LogP contribution is -2.21. The van der Waals surface area contributed by atoms with Crippen LogP contribution in [0.2, 0.25) is 0 Å². The second kappa shape index (κ2) is 6.60. The minimum absolute atomic E-state index is 0.0168. The van der Waals surface area contributed by atoms with E-state index in [4.69, 9.17) is 4.74 Å². The van der Waals surface area contributed by atoms with Gasteiger partial charge in [0.15, 0.2) is 6.04 Å². The Kier molecular flexibility index (Phi) is 4.78. The van der Waals surface area contributed by atoms with Crippen molar-refractivity contribution in [2.45, 2.75) is 12.2 Å². The summed E-state index contributed by atoms with van der Waals surface area (Å²) in [6.45, 7) is 0. The first kappa shape index (κ1) is 16.7. The maximum absolute atomic E-state index is 12.8. The van der Waals surface area contributed by atoms with E-state index in [9.17, 15) is 23.1 Å². The number of halogens is 3. The molecule has 0 aromatic heterocycles. The molecule has 0 aliphatic rings. The average Bonchev–Trinajstić information content (AvgIpc) is 2.52. The lowest BCUT2D eigenvalue weighted by atomic mass is 10.0. The number of alkyl halides is 3. The van der Waals surface area contributed by atoms with Gasteiger partial charge in [-0.2, -0.15) is 13.2 Å². The number of nitrogens with one attached hydrogen (secondary N) is 1. The molecule has 2 N–H and O–H groups in total. The molecule has 0 heterocycles. The number of carboxylic acids is 1. The Morgan fingerprint density at radius 2 is 1.83 bits per heavy atom. The molecule has 4 nitrogen and oxygen atoms in total. The van der Waals surface area contributed by atoms with Gasteiger partial charge in [-0.1, -0.05) is 12.1 Å². The fraction of sp³-hybridized carbons (Fsp3) is 0.188. The van der Waals surface area contributed by atoms with Crippen molar-refractivity contribution in [2.75, 3.05) is 12.4 Å². The molecule has 0 aliphatic carbocycles. The summed E-state index contributed by atoms with van der Waals surface area (Å²) in [5, 5.41) is 12.0. The summed E-state index contributed by atoms with van der Waals surface area (Å²) in [5.41, 5.74) is -0.420. The van der Waals surface area contributed by atoms with Gasteiger partial charge in [-0.3, -0.25) is 0 Å². The molecule has 0 bridgehead atoms. The van der Waals surface area contributed by atoms with Crippen LogP contribution < -0.4 is 10.1 Å². The number of methoxy groups -OCH3 is 1. The number of benzene rings is 2. The van der Waals surface area contributed by atoms with Gasteiger partial charge in [-0.05, 0) is 42.0 Å². The molecule has 7 heteroatoms. The number of carboxylic acid groups (broad SMARTS) is 1. The number of carbonyl (C=O) groups is 1. The van der Waals surface area contributed by atoms with E-state index < -0.39 is 23.8 Å². The molecule has 23 heavy (non-hydrogen) atoms. The average molecular weight is 325 g/mol. The van der Waals surface area contributed by atoms with Crippen molar-refractivity contribution in [2.24, 2.45) is 0 Å². The van der Waals surface area contributed by atoms with Crippen molar-refractivity contribution in [1.82, 2.24) is 0 Å². The summed E-state index contributed by atoms with van der Waals surface area (Å²) in [6, 6.07) is 9.36. The maximum atomic E-state index is 12.8. The molecule has 0 fully saturated rings. The highest BCUT2D eigenvalue weighted by Crippen LogP contribution is 2.31. The number of hydrogen-bond acceptors (Lipinski definition) is 3. The van der Waals surface area contributed by atoms with E-state index in [1.165, 1.54) is 19.2 Å². The quantitative estimate of drug-likeness (QED) is 0.874. The molecule has 2 rings (SSSR count). The molecule has 0 radical (unpaired) electrons. The first-order valence-electron chi connectivity index (χ1n) is 6.62. The molecule has 0 saturated carbocycles. The molecule has 2 aromatic rings. The fourth-order valence-electron chi connectivity index (χ4n) is 2.04. The van der Waals surface area contributed by atoms with Crippen LogP contribution in [0.5, 0.6) is 5.75 Å². The van der Waals surface area contributed by atoms with Gasteiger partial charge >= 0.3 is 12.1 Å². The molecule has 0 saturated heterocycles. The highest BCUT2D eigenvalue weighted by Gasteiger charge is 2.31. The Labute approximate surface area is 130 Å². The zero-order chi connectivity index (χ0) is 17.0. The third-order valence-corrected chi connectivity index (χ3v) is 3.20. The third-order valence-electron chi connectivity index (χ3n) is 3.20. The standard InChI is InChI=1S/C16H14F3NO3/c1-23-13-7-5-12(6-8-13)20-14(15(21)22)10-3-2-4-11(9-10)16(17,18)19/h2-9,14,20H,1H3,(H,21,22). The van der Waals surface area contributed by atoms with Gasteiger partial charge < -0.3 is 15.2 Å². The smallest absolute Gasteiger partial charge is 0.416 e. The van der Waals surface area contributed by atoms with Gasteiger partial charge in [0.25, 0.3) is 0 Å². The zero-order valence-electron chi connectivity index (χ0n) is 12.1. The second-order valence-electron chi connectivity index (χ2n) is 4.77. The summed E-state index contributed by atoms with van der Waals surface area (Å²) in [6.07, 6.45) is -4.53. The van der Waals surface area contributed by atoms with E-state index >= 15 is 0 Å². The van der Waals surface area contributed by atoms with E-state index in [1.807, 2.05) is 0 Å². The Morgan fingerprint density at radius 3 is 2.35 bits per heavy atom. The van der Waals surface area contributed by atoms with Crippen LogP contribution >= 0.6 is 0 Å². The summed E-state index contributed by atoms with van der Waals surface area (Å²) < 4.78 is 43.3. The minimum Gasteiger partial charge on any atom is -0.497 e. The number of aliphatic carboxylic acids is 1. The Bertz CT molecular complexity index is 684.